The van der Waals surface area contributed by atoms with Crippen LogP contribution in [0.15, 0.2) is 17.1 Å². The van der Waals surface area contributed by atoms with Crippen molar-refractivity contribution in [2.45, 2.75) is 18.9 Å². The fraction of sp³-hybridized carbons (Fsp3) is 0.286. The lowest BCUT2D eigenvalue weighted by Crippen LogP contribution is -2.14. The highest BCUT2D eigenvalue weighted by Crippen LogP contribution is 2.41. The molecule has 0 bridgehead atoms. The molecule has 1 aromatic carbocycles. The lowest BCUT2D eigenvalue weighted by Gasteiger charge is -2.15. The summed E-state index contributed by atoms with van der Waals surface area (Å²) in [6, 6.07) is 0.840. The number of methoxy groups -OCH3 is 1. The van der Waals surface area contributed by atoms with Crippen molar-refractivity contribution in [3.8, 4) is 11.5 Å². The van der Waals surface area contributed by atoms with Crippen LogP contribution >= 0.6 is 0 Å². The molecule has 0 N–H and O–H groups in total. The van der Waals surface area contributed by atoms with Gasteiger partial charge in [-0.25, -0.2) is 4.39 Å². The number of rotatable bonds is 4. The summed E-state index contributed by atoms with van der Waals surface area (Å²) in [4.78, 5) is 22.7. The summed E-state index contributed by atoms with van der Waals surface area (Å²) in [5.41, 5.74) is -0.520. The van der Waals surface area contributed by atoms with Crippen LogP contribution in [-0.4, -0.2) is 18.1 Å². The molecule has 0 atom stereocenters. The first-order chi connectivity index (χ1) is 10.1. The number of fused-ring (bicyclic) bond motifs is 1. The number of ether oxygens (including phenoxy) is 2. The van der Waals surface area contributed by atoms with Gasteiger partial charge in [0.05, 0.1) is 24.2 Å². The number of nitrogens with zero attached hydrogens (tertiary/aromatic N) is 1. The highest BCUT2D eigenvalue weighted by atomic mass is 19.2. The van der Waals surface area contributed by atoms with E-state index in [1.807, 2.05) is 0 Å². The second-order valence-electron chi connectivity index (χ2n) is 4.78. The zero-order valence-electron chi connectivity index (χ0n) is 11.1. The Morgan fingerprint density at radius 2 is 2.10 bits per heavy atom. The third-order valence-electron chi connectivity index (χ3n) is 3.45. The maximum atomic E-state index is 13.9. The minimum Gasteiger partial charge on any atom is -0.491 e. The van der Waals surface area contributed by atoms with Crippen molar-refractivity contribution in [3.63, 3.8) is 0 Å². The number of pyridine rings is 1. The summed E-state index contributed by atoms with van der Waals surface area (Å²) >= 11 is 0. The van der Waals surface area contributed by atoms with Gasteiger partial charge in [-0.1, -0.05) is 0 Å². The fourth-order valence-electron chi connectivity index (χ4n) is 2.37. The monoisotopic (exact) mass is 295 g/mol. The number of halogens is 2. The number of hydrogen-bond donors (Lipinski definition) is 0. The van der Waals surface area contributed by atoms with E-state index in [2.05, 4.69) is 4.74 Å². The highest BCUT2D eigenvalue weighted by molar-refractivity contribution is 5.87. The van der Waals surface area contributed by atoms with E-state index in [0.29, 0.717) is 0 Å². The van der Waals surface area contributed by atoms with Crippen molar-refractivity contribution in [2.24, 2.45) is 0 Å². The first kappa shape index (κ1) is 13.5. The van der Waals surface area contributed by atoms with Crippen LogP contribution in [0.2, 0.25) is 0 Å². The minimum atomic E-state index is -1.19. The van der Waals surface area contributed by atoms with Crippen LogP contribution in [0.4, 0.5) is 8.78 Å². The third-order valence-corrected chi connectivity index (χ3v) is 3.45. The van der Waals surface area contributed by atoms with Crippen LogP contribution in [0, 0.1) is 11.6 Å². The van der Waals surface area contributed by atoms with Gasteiger partial charge in [0.2, 0.25) is 11.2 Å². The zero-order valence-corrected chi connectivity index (χ0v) is 11.1. The number of aromatic nitrogens is 1. The van der Waals surface area contributed by atoms with Crippen LogP contribution in [-0.2, 0) is 4.79 Å². The second kappa shape index (κ2) is 4.83. The van der Waals surface area contributed by atoms with Crippen molar-refractivity contribution in [2.75, 3.05) is 7.11 Å². The Morgan fingerprint density at radius 1 is 1.38 bits per heavy atom. The summed E-state index contributed by atoms with van der Waals surface area (Å²) in [5, 5.41) is -0.0861. The highest BCUT2D eigenvalue weighted by Gasteiger charge is 2.29. The Kier molecular flexibility index (Phi) is 3.12. The summed E-state index contributed by atoms with van der Waals surface area (Å²) in [7, 11) is 1.20. The predicted octanol–water partition coefficient (Wildman–Crippen LogP) is 2.16. The van der Waals surface area contributed by atoms with Crippen molar-refractivity contribution in [1.29, 1.82) is 0 Å². The van der Waals surface area contributed by atoms with Gasteiger partial charge in [-0.2, -0.15) is 4.39 Å². The average molecular weight is 295 g/mol. The van der Waals surface area contributed by atoms with E-state index in [9.17, 15) is 18.4 Å². The van der Waals surface area contributed by atoms with Gasteiger partial charge in [-0.3, -0.25) is 9.59 Å². The molecule has 21 heavy (non-hydrogen) atoms. The van der Waals surface area contributed by atoms with Gasteiger partial charge in [0.25, 0.3) is 6.47 Å². The van der Waals surface area contributed by atoms with Gasteiger partial charge in [0.1, 0.15) is 0 Å². The standard InChI is InChI=1S/C14H11F2NO4/c1-20-14-11(16)9(15)4-8-12(14)17(7-2-3-7)5-10(13(8)19)21-6-18/h4-7H,2-3H2,1H3. The molecule has 7 heteroatoms. The summed E-state index contributed by atoms with van der Waals surface area (Å²) < 4.78 is 38.7. The number of hydrogen-bond acceptors (Lipinski definition) is 4. The SMILES string of the molecule is COc1c(F)c(F)cc2c(=O)c(OC=O)cn(C3CC3)c12. The topological polar surface area (TPSA) is 57.5 Å². The van der Waals surface area contributed by atoms with E-state index in [1.165, 1.54) is 13.3 Å². The quantitative estimate of drug-likeness (QED) is 0.811. The molecule has 1 aliphatic rings. The normalized spacial score (nSPS) is 14.2. The van der Waals surface area contributed by atoms with Gasteiger partial charge in [0.15, 0.2) is 17.3 Å². The molecule has 0 amide bonds. The van der Waals surface area contributed by atoms with Crippen LogP contribution in [0.3, 0.4) is 0 Å². The molecule has 0 spiro atoms. The fourth-order valence-corrected chi connectivity index (χ4v) is 2.37. The van der Waals surface area contributed by atoms with Crippen LogP contribution < -0.4 is 14.9 Å². The molecule has 0 aliphatic heterocycles. The van der Waals surface area contributed by atoms with Gasteiger partial charge in [-0.05, 0) is 18.9 Å². The van der Waals surface area contributed by atoms with E-state index in [-0.39, 0.29) is 34.9 Å². The van der Waals surface area contributed by atoms with Gasteiger partial charge in [-0.15, -0.1) is 0 Å². The molecule has 1 aliphatic carbocycles. The van der Waals surface area contributed by atoms with Crippen molar-refractivity contribution in [3.05, 3.63) is 34.1 Å². The molecule has 0 radical (unpaired) electrons. The second-order valence-corrected chi connectivity index (χ2v) is 4.78. The molecule has 0 unspecified atom stereocenters. The molecular formula is C14H11F2NO4. The van der Waals surface area contributed by atoms with Crippen LogP contribution in [0.5, 0.6) is 11.5 Å². The molecule has 110 valence electrons. The smallest absolute Gasteiger partial charge is 0.298 e. The van der Waals surface area contributed by atoms with E-state index < -0.39 is 17.1 Å². The first-order valence-electron chi connectivity index (χ1n) is 6.29. The molecule has 5 nitrogen and oxygen atoms in total. The molecule has 0 saturated heterocycles. The number of carbonyl (C=O) groups is 1. The minimum absolute atomic E-state index is 0.0425. The first-order valence-corrected chi connectivity index (χ1v) is 6.29. The van der Waals surface area contributed by atoms with Crippen LogP contribution in [0.25, 0.3) is 10.9 Å². The van der Waals surface area contributed by atoms with Crippen molar-refractivity contribution < 1.29 is 23.0 Å². The number of benzene rings is 1. The predicted molar refractivity (Wildman–Crippen MR) is 69.6 cm³/mol. The molecule has 1 saturated carbocycles. The summed E-state index contributed by atoms with van der Waals surface area (Å²) in [6.45, 7) is 0.122. The Hall–Kier alpha value is -2.44. The maximum absolute atomic E-state index is 13.9. The van der Waals surface area contributed by atoms with E-state index in [0.717, 1.165) is 18.9 Å². The average Bonchev–Trinajstić information content (AvgIpc) is 3.29. The van der Waals surface area contributed by atoms with Gasteiger partial charge >= 0.3 is 0 Å². The Labute approximate surface area is 117 Å². The van der Waals surface area contributed by atoms with E-state index in [4.69, 9.17) is 4.74 Å². The molecular weight excluding hydrogens is 284 g/mol. The molecule has 1 fully saturated rings. The van der Waals surface area contributed by atoms with Crippen LogP contribution in [0.1, 0.15) is 18.9 Å². The molecule has 1 heterocycles. The lowest BCUT2D eigenvalue weighted by atomic mass is 10.1. The number of carbonyl (C=O) groups excluding carboxylic acids is 1. The Balaban J connectivity index is 2.46. The largest absolute Gasteiger partial charge is 0.491 e. The zero-order chi connectivity index (χ0) is 15.1. The van der Waals surface area contributed by atoms with E-state index in [1.54, 1.807) is 4.57 Å². The molecule has 3 rings (SSSR count). The molecule has 1 aromatic heterocycles. The molecule has 2 aromatic rings. The van der Waals surface area contributed by atoms with E-state index >= 15 is 0 Å². The Bertz CT molecular complexity index is 796. The van der Waals surface area contributed by atoms with Crippen molar-refractivity contribution in [1.82, 2.24) is 4.57 Å². The van der Waals surface area contributed by atoms with Crippen molar-refractivity contribution >= 4 is 17.4 Å². The van der Waals surface area contributed by atoms with Gasteiger partial charge in [0, 0.05) is 6.04 Å². The van der Waals surface area contributed by atoms with Gasteiger partial charge < -0.3 is 14.0 Å². The third kappa shape index (κ3) is 2.05. The lowest BCUT2D eigenvalue weighted by molar-refractivity contribution is -0.120. The Morgan fingerprint density at radius 3 is 2.67 bits per heavy atom. The summed E-state index contributed by atoms with van der Waals surface area (Å²) in [6.07, 6.45) is 3.00. The summed E-state index contributed by atoms with van der Waals surface area (Å²) in [5.74, 6) is -2.89. The maximum Gasteiger partial charge on any atom is 0.298 e.